The van der Waals surface area contributed by atoms with E-state index >= 15 is 0 Å². The van der Waals surface area contributed by atoms with Gasteiger partial charge in [-0.05, 0) is 6.07 Å². The Morgan fingerprint density at radius 2 is 1.68 bits per heavy atom. The Kier molecular flexibility index (Phi) is 5.44. The molecule has 6 nitrogen and oxygen atoms in total. The third kappa shape index (κ3) is 3.08. The number of nitrogens with two attached hydrogens (primary N) is 1. The summed E-state index contributed by atoms with van der Waals surface area (Å²) in [7, 11) is 6.17. The van der Waals surface area contributed by atoms with Gasteiger partial charge in [-0.3, -0.25) is 4.79 Å². The largest absolute Gasteiger partial charge is 0.496 e. The van der Waals surface area contributed by atoms with Crippen LogP contribution in [0.15, 0.2) is 12.1 Å². The van der Waals surface area contributed by atoms with E-state index in [2.05, 4.69) is 5.32 Å². The maximum atomic E-state index is 11.8. The minimum atomic E-state index is -0.500. The van der Waals surface area contributed by atoms with Crippen LogP contribution in [0.1, 0.15) is 11.5 Å². The molecule has 0 radical (unpaired) electrons. The Morgan fingerprint density at radius 3 is 2.11 bits per heavy atom. The number of benzene rings is 1. The normalized spacial score (nSPS) is 11.6. The van der Waals surface area contributed by atoms with E-state index in [1.807, 2.05) is 0 Å². The van der Waals surface area contributed by atoms with Crippen LogP contribution in [0, 0.1) is 0 Å². The minimum Gasteiger partial charge on any atom is -0.496 e. The lowest BCUT2D eigenvalue weighted by atomic mass is 9.96. The molecule has 0 heterocycles. The van der Waals surface area contributed by atoms with E-state index in [1.165, 1.54) is 21.3 Å². The second kappa shape index (κ2) is 6.84. The molecule has 1 rings (SSSR count). The lowest BCUT2D eigenvalue weighted by Crippen LogP contribution is -2.31. The molecule has 0 aromatic heterocycles. The van der Waals surface area contributed by atoms with E-state index in [-0.39, 0.29) is 12.5 Å². The molecule has 1 atom stereocenters. The van der Waals surface area contributed by atoms with Crippen LogP contribution in [-0.2, 0) is 4.79 Å². The molecule has 19 heavy (non-hydrogen) atoms. The van der Waals surface area contributed by atoms with Gasteiger partial charge in [-0.15, -0.1) is 0 Å². The summed E-state index contributed by atoms with van der Waals surface area (Å²) in [6.07, 6.45) is 0. The number of methoxy groups -OCH3 is 3. The van der Waals surface area contributed by atoms with Gasteiger partial charge < -0.3 is 25.3 Å². The molecule has 0 saturated carbocycles. The molecule has 3 N–H and O–H groups in total. The second-order valence-electron chi connectivity index (χ2n) is 3.85. The number of likely N-dealkylation sites (N-methyl/N-ethyl adjacent to an activating group) is 1. The molecule has 1 unspecified atom stereocenters. The van der Waals surface area contributed by atoms with E-state index in [0.717, 1.165) is 0 Å². The average Bonchev–Trinajstić information content (AvgIpc) is 2.46. The third-order valence-electron chi connectivity index (χ3n) is 2.91. The Balaban J connectivity index is 3.35. The van der Waals surface area contributed by atoms with Crippen LogP contribution in [0.3, 0.4) is 0 Å². The molecule has 0 aliphatic rings. The van der Waals surface area contributed by atoms with Crippen LogP contribution in [0.2, 0.25) is 0 Å². The first-order valence-corrected chi connectivity index (χ1v) is 5.84. The number of amides is 1. The number of rotatable bonds is 6. The van der Waals surface area contributed by atoms with Crippen molar-refractivity contribution in [3.05, 3.63) is 17.7 Å². The number of hydrogen-bond donors (Lipinski definition) is 2. The lowest BCUT2D eigenvalue weighted by molar-refractivity contribution is -0.121. The van der Waals surface area contributed by atoms with Crippen molar-refractivity contribution in [2.45, 2.75) is 5.92 Å². The fourth-order valence-electron chi connectivity index (χ4n) is 1.87. The highest BCUT2D eigenvalue weighted by atomic mass is 16.5. The molecule has 1 aromatic rings. The molecule has 0 bridgehead atoms. The topological polar surface area (TPSA) is 82.8 Å². The zero-order valence-corrected chi connectivity index (χ0v) is 11.6. The molecular weight excluding hydrogens is 248 g/mol. The molecule has 0 spiro atoms. The predicted molar refractivity (Wildman–Crippen MR) is 72.0 cm³/mol. The standard InChI is InChI=1S/C13H20N2O4/c1-15-13(16)9(7-14)8-5-11(18-3)12(19-4)6-10(8)17-2/h5-6,9H,7,14H2,1-4H3,(H,15,16). The minimum absolute atomic E-state index is 0.172. The van der Waals surface area contributed by atoms with Gasteiger partial charge in [0, 0.05) is 25.2 Å². The summed E-state index contributed by atoms with van der Waals surface area (Å²) >= 11 is 0. The van der Waals surface area contributed by atoms with Crippen LogP contribution in [0.5, 0.6) is 17.2 Å². The van der Waals surface area contributed by atoms with E-state index in [9.17, 15) is 4.79 Å². The highest BCUT2D eigenvalue weighted by Gasteiger charge is 2.24. The Labute approximate surface area is 112 Å². The Bertz CT molecular complexity index is 449. The van der Waals surface area contributed by atoms with Crippen LogP contribution < -0.4 is 25.3 Å². The smallest absolute Gasteiger partial charge is 0.228 e. The van der Waals surface area contributed by atoms with Crippen molar-refractivity contribution in [2.75, 3.05) is 34.9 Å². The van der Waals surface area contributed by atoms with E-state index in [0.29, 0.717) is 22.8 Å². The summed E-state index contributed by atoms with van der Waals surface area (Å²) in [4.78, 5) is 11.8. The summed E-state index contributed by atoms with van der Waals surface area (Å²) in [5.41, 5.74) is 6.35. The summed E-state index contributed by atoms with van der Waals surface area (Å²) in [6, 6.07) is 3.39. The van der Waals surface area contributed by atoms with Crippen LogP contribution in [0.25, 0.3) is 0 Å². The maximum Gasteiger partial charge on any atom is 0.228 e. The zero-order chi connectivity index (χ0) is 14.4. The molecule has 0 fully saturated rings. The monoisotopic (exact) mass is 268 g/mol. The van der Waals surface area contributed by atoms with Crippen molar-refractivity contribution >= 4 is 5.91 Å². The Morgan fingerprint density at radius 1 is 1.16 bits per heavy atom. The maximum absolute atomic E-state index is 11.8. The van der Waals surface area contributed by atoms with Crippen molar-refractivity contribution in [1.29, 1.82) is 0 Å². The predicted octanol–water partition coefficient (Wildman–Crippen LogP) is 0.501. The van der Waals surface area contributed by atoms with Crippen molar-refractivity contribution in [3.63, 3.8) is 0 Å². The molecule has 0 saturated heterocycles. The van der Waals surface area contributed by atoms with Crippen LogP contribution in [-0.4, -0.2) is 40.8 Å². The van der Waals surface area contributed by atoms with E-state index in [1.54, 1.807) is 19.2 Å². The fourth-order valence-corrected chi connectivity index (χ4v) is 1.87. The van der Waals surface area contributed by atoms with Gasteiger partial charge in [0.15, 0.2) is 11.5 Å². The molecule has 6 heteroatoms. The van der Waals surface area contributed by atoms with Crippen molar-refractivity contribution in [3.8, 4) is 17.2 Å². The van der Waals surface area contributed by atoms with Gasteiger partial charge in [0.25, 0.3) is 0 Å². The highest BCUT2D eigenvalue weighted by Crippen LogP contribution is 2.37. The summed E-state index contributed by atoms with van der Waals surface area (Å²) in [5, 5.41) is 2.59. The van der Waals surface area contributed by atoms with E-state index in [4.69, 9.17) is 19.9 Å². The van der Waals surface area contributed by atoms with Gasteiger partial charge >= 0.3 is 0 Å². The number of carbonyl (C=O) groups excluding carboxylic acids is 1. The summed E-state index contributed by atoms with van der Waals surface area (Å²) in [6.45, 7) is 0.172. The number of ether oxygens (including phenoxy) is 3. The van der Waals surface area contributed by atoms with Crippen molar-refractivity contribution in [1.82, 2.24) is 5.32 Å². The molecule has 0 aliphatic carbocycles. The van der Waals surface area contributed by atoms with Crippen molar-refractivity contribution in [2.24, 2.45) is 5.73 Å². The van der Waals surface area contributed by atoms with Crippen LogP contribution >= 0.6 is 0 Å². The van der Waals surface area contributed by atoms with Gasteiger partial charge in [-0.2, -0.15) is 0 Å². The molecule has 0 aliphatic heterocycles. The second-order valence-corrected chi connectivity index (χ2v) is 3.85. The highest BCUT2D eigenvalue weighted by molar-refractivity contribution is 5.84. The average molecular weight is 268 g/mol. The third-order valence-corrected chi connectivity index (χ3v) is 2.91. The summed E-state index contributed by atoms with van der Waals surface area (Å²) in [5.74, 6) is 0.931. The molecule has 106 valence electrons. The Hall–Kier alpha value is -1.95. The quantitative estimate of drug-likeness (QED) is 0.785. The van der Waals surface area contributed by atoms with Gasteiger partial charge in [-0.25, -0.2) is 0 Å². The SMILES string of the molecule is CNC(=O)C(CN)c1cc(OC)c(OC)cc1OC. The van der Waals surface area contributed by atoms with Crippen molar-refractivity contribution < 1.29 is 19.0 Å². The number of hydrogen-bond acceptors (Lipinski definition) is 5. The number of nitrogens with one attached hydrogen (secondary N) is 1. The first-order valence-electron chi connectivity index (χ1n) is 5.84. The zero-order valence-electron chi connectivity index (χ0n) is 11.6. The summed E-state index contributed by atoms with van der Waals surface area (Å²) < 4.78 is 15.7. The number of carbonyl (C=O) groups is 1. The first kappa shape index (κ1) is 15.1. The molecule has 1 aromatic carbocycles. The fraction of sp³-hybridized carbons (Fsp3) is 0.462. The van der Waals surface area contributed by atoms with Crippen LogP contribution in [0.4, 0.5) is 0 Å². The van der Waals surface area contributed by atoms with Gasteiger partial charge in [0.05, 0.1) is 27.2 Å². The van der Waals surface area contributed by atoms with E-state index < -0.39 is 5.92 Å². The van der Waals surface area contributed by atoms with Gasteiger partial charge in [-0.1, -0.05) is 0 Å². The van der Waals surface area contributed by atoms with Gasteiger partial charge in [0.1, 0.15) is 5.75 Å². The molecule has 1 amide bonds. The first-order chi connectivity index (χ1) is 9.12. The van der Waals surface area contributed by atoms with Gasteiger partial charge in [0.2, 0.25) is 5.91 Å². The molecular formula is C13H20N2O4. The lowest BCUT2D eigenvalue weighted by Gasteiger charge is -2.19.